The predicted octanol–water partition coefficient (Wildman–Crippen LogP) is 4.71. The molecule has 1 aliphatic carbocycles. The lowest BCUT2D eigenvalue weighted by Gasteiger charge is -2.44. The number of imide groups is 1. The molecular weight excluding hydrogens is 449 g/mol. The molecule has 32 heavy (non-hydrogen) atoms. The molecule has 1 aromatic rings. The highest BCUT2D eigenvalue weighted by atomic mass is 35.5. The van der Waals surface area contributed by atoms with Crippen molar-refractivity contribution in [1.29, 1.82) is 0 Å². The van der Waals surface area contributed by atoms with Crippen LogP contribution in [-0.4, -0.2) is 46.2 Å². The summed E-state index contributed by atoms with van der Waals surface area (Å²) >= 11 is 5.99. The summed E-state index contributed by atoms with van der Waals surface area (Å²) in [6, 6.07) is 0.332. The van der Waals surface area contributed by atoms with Gasteiger partial charge in [-0.2, -0.15) is 13.2 Å². The number of benzene rings is 1. The minimum absolute atomic E-state index is 0.145. The quantitative estimate of drug-likeness (QED) is 0.584. The van der Waals surface area contributed by atoms with Gasteiger partial charge in [-0.1, -0.05) is 36.9 Å². The molecule has 0 bridgehead atoms. The molecule has 1 aliphatic heterocycles. The van der Waals surface area contributed by atoms with Gasteiger partial charge in [-0.15, -0.1) is 0 Å². The van der Waals surface area contributed by atoms with E-state index in [2.05, 4.69) is 0 Å². The van der Waals surface area contributed by atoms with Gasteiger partial charge in [-0.05, 0) is 61.8 Å². The van der Waals surface area contributed by atoms with Gasteiger partial charge in [0.2, 0.25) is 5.91 Å². The van der Waals surface area contributed by atoms with Crippen molar-refractivity contribution in [2.45, 2.75) is 70.1 Å². The molecule has 3 rings (SSSR count). The smallest absolute Gasteiger partial charge is 0.408 e. The van der Waals surface area contributed by atoms with Gasteiger partial charge in [0.1, 0.15) is 6.04 Å². The molecule has 3 amide bonds. The third-order valence-corrected chi connectivity index (χ3v) is 6.71. The predicted molar refractivity (Wildman–Crippen MR) is 111 cm³/mol. The van der Waals surface area contributed by atoms with E-state index < -0.39 is 48.0 Å². The van der Waals surface area contributed by atoms with Crippen LogP contribution in [-0.2, 0) is 16.0 Å². The van der Waals surface area contributed by atoms with Gasteiger partial charge in [0, 0.05) is 5.02 Å². The Bertz CT molecular complexity index is 886. The molecule has 6 nitrogen and oxygen atoms in total. The van der Waals surface area contributed by atoms with Crippen LogP contribution in [0.4, 0.5) is 18.0 Å². The highest BCUT2D eigenvalue weighted by molar-refractivity contribution is 6.30. The van der Waals surface area contributed by atoms with Crippen LogP contribution in [0.3, 0.4) is 0 Å². The first-order valence-electron chi connectivity index (χ1n) is 10.7. The zero-order valence-electron chi connectivity index (χ0n) is 17.6. The molecule has 2 N–H and O–H groups in total. The number of β-lactam (4-membered cyclic amide) rings is 1. The lowest BCUT2D eigenvalue weighted by Crippen LogP contribution is -2.69. The number of amides is 3. The number of nitrogens with one attached hydrogen (secondary N) is 1. The Morgan fingerprint density at radius 2 is 1.91 bits per heavy atom. The summed E-state index contributed by atoms with van der Waals surface area (Å²) in [4.78, 5) is 37.3. The van der Waals surface area contributed by atoms with Gasteiger partial charge in [0.25, 0.3) is 0 Å². The third kappa shape index (κ3) is 5.19. The van der Waals surface area contributed by atoms with Crippen molar-refractivity contribution < 1.29 is 32.7 Å². The average Bonchev–Trinajstić information content (AvgIpc) is 2.72. The second kappa shape index (κ2) is 9.68. The van der Waals surface area contributed by atoms with E-state index in [1.807, 2.05) is 12.2 Å². The number of likely N-dealkylation sites (tertiary alicyclic amines) is 1. The molecule has 2 aliphatic rings. The molecule has 0 aromatic heterocycles. The number of rotatable bonds is 6. The van der Waals surface area contributed by atoms with Crippen molar-refractivity contribution in [2.75, 3.05) is 0 Å². The number of nitrogens with zero attached hydrogens (tertiary/aromatic N) is 1. The summed E-state index contributed by atoms with van der Waals surface area (Å²) in [7, 11) is 0. The fraction of sp³-hybridized carbons (Fsp3) is 0.591. The van der Waals surface area contributed by atoms with Gasteiger partial charge in [-0.25, -0.2) is 14.5 Å². The average molecular weight is 475 g/mol. The number of carboxylic acids is 1. The summed E-state index contributed by atoms with van der Waals surface area (Å²) in [5.74, 6) is -3.97. The molecule has 0 spiro atoms. The molecule has 1 saturated carbocycles. The van der Waals surface area contributed by atoms with Gasteiger partial charge in [0.15, 0.2) is 6.04 Å². The Kier molecular flexibility index (Phi) is 7.37. The standard InChI is InChI=1S/C22H26ClF3N2O4/c1-12-7-9-15(23)11-14(12)8-10-16-17(20(30)31)28(19(16)29)21(32)27-18(22(24,25)26)13-5-3-2-4-6-13/h7,9,11,13,16-18H,2-6,8,10H2,1H3,(H,27,32)(H,30,31)/t16-,17?,18?/m1/s1. The first-order chi connectivity index (χ1) is 15.0. The minimum atomic E-state index is -4.69. The van der Waals surface area contributed by atoms with E-state index in [1.54, 1.807) is 18.2 Å². The first-order valence-corrected chi connectivity index (χ1v) is 11.1. The number of carboxylic acid groups (broad SMARTS) is 1. The molecule has 1 heterocycles. The Morgan fingerprint density at radius 3 is 2.50 bits per heavy atom. The fourth-order valence-electron chi connectivity index (χ4n) is 4.70. The molecule has 176 valence electrons. The zero-order valence-corrected chi connectivity index (χ0v) is 18.4. The largest absolute Gasteiger partial charge is 0.480 e. The van der Waals surface area contributed by atoms with E-state index in [0.717, 1.165) is 17.5 Å². The van der Waals surface area contributed by atoms with E-state index in [4.69, 9.17) is 11.6 Å². The lowest BCUT2D eigenvalue weighted by atomic mass is 9.82. The number of urea groups is 1. The van der Waals surface area contributed by atoms with Gasteiger partial charge < -0.3 is 10.4 Å². The van der Waals surface area contributed by atoms with Crippen LogP contribution >= 0.6 is 11.6 Å². The summed E-state index contributed by atoms with van der Waals surface area (Å²) in [6.45, 7) is 1.85. The van der Waals surface area contributed by atoms with Crippen molar-refractivity contribution in [1.82, 2.24) is 10.2 Å². The van der Waals surface area contributed by atoms with Crippen LogP contribution in [0.25, 0.3) is 0 Å². The Balaban J connectivity index is 1.70. The Hall–Kier alpha value is -2.29. The highest BCUT2D eigenvalue weighted by Crippen LogP contribution is 2.36. The number of carbonyl (C=O) groups is 3. The zero-order chi connectivity index (χ0) is 23.6. The number of hydrogen-bond donors (Lipinski definition) is 2. The summed E-state index contributed by atoms with van der Waals surface area (Å²) < 4.78 is 40.8. The van der Waals surface area contributed by atoms with Crippen LogP contribution in [0.15, 0.2) is 18.2 Å². The second-order valence-electron chi connectivity index (χ2n) is 8.57. The molecule has 1 aromatic carbocycles. The van der Waals surface area contributed by atoms with Crippen LogP contribution in [0, 0.1) is 18.8 Å². The Morgan fingerprint density at radius 1 is 1.25 bits per heavy atom. The first kappa shape index (κ1) is 24.4. The fourth-order valence-corrected chi connectivity index (χ4v) is 4.89. The normalized spacial score (nSPS) is 22.9. The van der Waals surface area contributed by atoms with Crippen LogP contribution < -0.4 is 5.32 Å². The number of aliphatic carboxylic acids is 1. The van der Waals surface area contributed by atoms with E-state index in [9.17, 15) is 32.7 Å². The van der Waals surface area contributed by atoms with Crippen LogP contribution in [0.5, 0.6) is 0 Å². The van der Waals surface area contributed by atoms with E-state index in [1.165, 1.54) is 0 Å². The van der Waals surface area contributed by atoms with Crippen molar-refractivity contribution >= 4 is 29.5 Å². The number of alkyl halides is 3. The molecule has 2 unspecified atom stereocenters. The van der Waals surface area contributed by atoms with Crippen LogP contribution in [0.2, 0.25) is 5.02 Å². The van der Waals surface area contributed by atoms with Crippen LogP contribution in [0.1, 0.15) is 49.7 Å². The Labute approximate surface area is 189 Å². The monoisotopic (exact) mass is 474 g/mol. The van der Waals surface area contributed by atoms with E-state index >= 15 is 0 Å². The molecule has 0 radical (unpaired) electrons. The van der Waals surface area contributed by atoms with Gasteiger partial charge in [-0.3, -0.25) is 4.79 Å². The maximum Gasteiger partial charge on any atom is 0.408 e. The number of hydrogen-bond acceptors (Lipinski definition) is 3. The summed E-state index contributed by atoms with van der Waals surface area (Å²) in [5.41, 5.74) is 1.76. The van der Waals surface area contributed by atoms with E-state index in [-0.39, 0.29) is 6.42 Å². The summed E-state index contributed by atoms with van der Waals surface area (Å²) in [6.07, 6.45) is -1.43. The van der Waals surface area contributed by atoms with Crippen molar-refractivity contribution in [3.8, 4) is 0 Å². The van der Waals surface area contributed by atoms with Crippen molar-refractivity contribution in [2.24, 2.45) is 11.8 Å². The second-order valence-corrected chi connectivity index (χ2v) is 9.01. The molecule has 3 atom stereocenters. The van der Waals surface area contributed by atoms with Crippen molar-refractivity contribution in [3.05, 3.63) is 34.3 Å². The molecular formula is C22H26ClF3N2O4. The number of aryl methyl sites for hydroxylation is 2. The third-order valence-electron chi connectivity index (χ3n) is 6.47. The van der Waals surface area contributed by atoms with Gasteiger partial charge >= 0.3 is 18.2 Å². The molecule has 1 saturated heterocycles. The number of halogens is 4. The molecule has 10 heteroatoms. The molecule has 2 fully saturated rings. The SMILES string of the molecule is Cc1ccc(Cl)cc1CC[C@H]1C(=O)N(C(=O)NC(C2CCCCC2)C(F)(F)F)C1C(=O)O. The topological polar surface area (TPSA) is 86.7 Å². The maximum atomic E-state index is 13.6. The maximum absolute atomic E-state index is 13.6. The van der Waals surface area contributed by atoms with Gasteiger partial charge in [0.05, 0.1) is 5.92 Å². The van der Waals surface area contributed by atoms with Crippen molar-refractivity contribution in [3.63, 3.8) is 0 Å². The van der Waals surface area contributed by atoms with E-state index in [0.29, 0.717) is 42.0 Å². The summed E-state index contributed by atoms with van der Waals surface area (Å²) in [5, 5.41) is 12.0. The highest BCUT2D eigenvalue weighted by Gasteiger charge is 2.56. The lowest BCUT2D eigenvalue weighted by molar-refractivity contribution is -0.173. The number of carbonyl (C=O) groups excluding carboxylic acids is 2. The minimum Gasteiger partial charge on any atom is -0.480 e.